The number of rotatable bonds is 3. The molecule has 0 aliphatic heterocycles. The minimum atomic E-state index is -0.332. The standard InChI is InChI=1S/C16H22ClNO2/c1-11-6-8-16(10-17,9-7-11)18-15(20)13-5-3-4-12(2)14(13)19/h3-5,11,19H,6-10H2,1-2H3,(H,18,20). The molecule has 0 atom stereocenters. The first kappa shape index (κ1) is 15.2. The Bertz CT molecular complexity index is 493. The predicted octanol–water partition coefficient (Wildman–Crippen LogP) is 3.62. The van der Waals surface area contributed by atoms with Crippen molar-refractivity contribution in [3.05, 3.63) is 29.3 Å². The number of hydrogen-bond acceptors (Lipinski definition) is 2. The number of alkyl halides is 1. The molecule has 3 nitrogen and oxygen atoms in total. The number of benzene rings is 1. The number of aryl methyl sites for hydroxylation is 1. The van der Waals surface area contributed by atoms with Gasteiger partial charge in [-0.1, -0.05) is 19.1 Å². The van der Waals surface area contributed by atoms with Crippen molar-refractivity contribution < 1.29 is 9.90 Å². The lowest BCUT2D eigenvalue weighted by Gasteiger charge is -2.38. The fourth-order valence-electron chi connectivity index (χ4n) is 2.76. The van der Waals surface area contributed by atoms with Gasteiger partial charge in [0.1, 0.15) is 5.75 Å². The second kappa shape index (κ2) is 6.04. The molecular formula is C16H22ClNO2. The second-order valence-electron chi connectivity index (χ2n) is 6.02. The van der Waals surface area contributed by atoms with E-state index in [-0.39, 0.29) is 17.2 Å². The summed E-state index contributed by atoms with van der Waals surface area (Å²) < 4.78 is 0. The van der Waals surface area contributed by atoms with Gasteiger partial charge in [-0.3, -0.25) is 4.79 Å². The summed E-state index contributed by atoms with van der Waals surface area (Å²) >= 11 is 6.11. The highest BCUT2D eigenvalue weighted by Crippen LogP contribution is 2.33. The normalized spacial score (nSPS) is 26.2. The molecule has 0 radical (unpaired) electrons. The molecule has 0 unspecified atom stereocenters. The Hall–Kier alpha value is -1.22. The van der Waals surface area contributed by atoms with E-state index in [4.69, 9.17) is 11.6 Å². The molecule has 1 saturated carbocycles. The van der Waals surface area contributed by atoms with Crippen LogP contribution < -0.4 is 5.32 Å². The Balaban J connectivity index is 2.15. The van der Waals surface area contributed by atoms with Crippen LogP contribution in [0.4, 0.5) is 0 Å². The topological polar surface area (TPSA) is 49.3 Å². The minimum absolute atomic E-state index is 0.0545. The van der Waals surface area contributed by atoms with Crippen molar-refractivity contribution in [2.45, 2.75) is 45.1 Å². The van der Waals surface area contributed by atoms with Crippen molar-refractivity contribution in [3.63, 3.8) is 0 Å². The molecule has 1 amide bonds. The highest BCUT2D eigenvalue weighted by molar-refractivity contribution is 6.19. The maximum atomic E-state index is 12.4. The van der Waals surface area contributed by atoms with Crippen LogP contribution in [0, 0.1) is 12.8 Å². The molecule has 1 fully saturated rings. The number of hydrogen-bond donors (Lipinski definition) is 2. The number of para-hydroxylation sites is 1. The molecule has 0 heterocycles. The maximum absolute atomic E-state index is 12.4. The molecule has 1 aromatic rings. The molecule has 2 N–H and O–H groups in total. The molecule has 0 bridgehead atoms. The Morgan fingerprint density at radius 2 is 2.10 bits per heavy atom. The fourth-order valence-corrected chi connectivity index (χ4v) is 3.09. The number of phenolic OH excluding ortho intramolecular Hbond substituents is 1. The molecule has 110 valence electrons. The number of halogens is 1. The lowest BCUT2D eigenvalue weighted by molar-refractivity contribution is 0.0869. The van der Waals surface area contributed by atoms with Crippen LogP contribution in [0.1, 0.15) is 48.5 Å². The molecule has 4 heteroatoms. The molecular weight excluding hydrogens is 274 g/mol. The van der Waals surface area contributed by atoms with Gasteiger partial charge in [0.2, 0.25) is 0 Å². The van der Waals surface area contributed by atoms with Gasteiger partial charge in [0.25, 0.3) is 5.91 Å². The number of carbonyl (C=O) groups is 1. The van der Waals surface area contributed by atoms with Crippen molar-refractivity contribution in [3.8, 4) is 5.75 Å². The van der Waals surface area contributed by atoms with Crippen LogP contribution in [0.2, 0.25) is 0 Å². The van der Waals surface area contributed by atoms with Gasteiger partial charge in [-0.25, -0.2) is 0 Å². The van der Waals surface area contributed by atoms with Gasteiger partial charge in [-0.2, -0.15) is 0 Å². The predicted molar refractivity (Wildman–Crippen MR) is 81.4 cm³/mol. The lowest BCUT2D eigenvalue weighted by Crippen LogP contribution is -2.52. The van der Waals surface area contributed by atoms with Crippen molar-refractivity contribution in [1.82, 2.24) is 5.32 Å². The average Bonchev–Trinajstić information content (AvgIpc) is 2.44. The average molecular weight is 296 g/mol. The third-order valence-electron chi connectivity index (χ3n) is 4.35. The number of nitrogens with one attached hydrogen (secondary N) is 1. The molecule has 2 rings (SSSR count). The Morgan fingerprint density at radius 3 is 2.70 bits per heavy atom. The van der Waals surface area contributed by atoms with Crippen LogP contribution in [0.15, 0.2) is 18.2 Å². The van der Waals surface area contributed by atoms with Gasteiger partial charge in [0.15, 0.2) is 0 Å². The summed E-state index contributed by atoms with van der Waals surface area (Å²) in [5.74, 6) is 0.925. The van der Waals surface area contributed by atoms with Crippen molar-refractivity contribution >= 4 is 17.5 Å². The highest BCUT2D eigenvalue weighted by atomic mass is 35.5. The summed E-state index contributed by atoms with van der Waals surface area (Å²) in [6, 6.07) is 5.21. The number of aromatic hydroxyl groups is 1. The number of phenols is 1. The van der Waals surface area contributed by atoms with Gasteiger partial charge < -0.3 is 10.4 Å². The van der Waals surface area contributed by atoms with Gasteiger partial charge >= 0.3 is 0 Å². The van der Waals surface area contributed by atoms with Crippen LogP contribution in [0.3, 0.4) is 0 Å². The first-order chi connectivity index (χ1) is 9.47. The Labute approximate surface area is 125 Å². The second-order valence-corrected chi connectivity index (χ2v) is 6.29. The first-order valence-corrected chi connectivity index (χ1v) is 7.68. The van der Waals surface area contributed by atoms with E-state index in [1.807, 2.05) is 0 Å². The molecule has 20 heavy (non-hydrogen) atoms. The molecule has 1 aliphatic carbocycles. The van der Waals surface area contributed by atoms with Gasteiger partial charge in [-0.05, 0) is 50.2 Å². The van der Waals surface area contributed by atoms with E-state index in [0.717, 1.165) is 25.7 Å². The van der Waals surface area contributed by atoms with E-state index >= 15 is 0 Å². The van der Waals surface area contributed by atoms with Gasteiger partial charge in [0.05, 0.1) is 11.1 Å². The molecule has 0 saturated heterocycles. The van der Waals surface area contributed by atoms with Crippen LogP contribution in [0.25, 0.3) is 0 Å². The van der Waals surface area contributed by atoms with Crippen LogP contribution >= 0.6 is 11.6 Å². The van der Waals surface area contributed by atoms with Crippen molar-refractivity contribution in [2.24, 2.45) is 5.92 Å². The van der Waals surface area contributed by atoms with Crippen LogP contribution in [0.5, 0.6) is 5.75 Å². The lowest BCUT2D eigenvalue weighted by atomic mass is 9.78. The molecule has 1 aromatic carbocycles. The number of carbonyl (C=O) groups excluding carboxylic acids is 1. The van der Waals surface area contributed by atoms with E-state index in [1.165, 1.54) is 0 Å². The van der Waals surface area contributed by atoms with E-state index in [9.17, 15) is 9.90 Å². The summed E-state index contributed by atoms with van der Waals surface area (Å²) in [4.78, 5) is 12.4. The van der Waals surface area contributed by atoms with E-state index in [2.05, 4.69) is 12.2 Å². The third-order valence-corrected chi connectivity index (χ3v) is 4.86. The summed E-state index contributed by atoms with van der Waals surface area (Å²) in [6.07, 6.45) is 3.95. The zero-order valence-electron chi connectivity index (χ0n) is 12.1. The fraction of sp³-hybridized carbons (Fsp3) is 0.562. The zero-order valence-corrected chi connectivity index (χ0v) is 12.8. The van der Waals surface area contributed by atoms with Crippen LogP contribution in [-0.4, -0.2) is 22.4 Å². The summed E-state index contributed by atoms with van der Waals surface area (Å²) in [6.45, 7) is 4.01. The summed E-state index contributed by atoms with van der Waals surface area (Å²) in [7, 11) is 0. The Kier molecular flexibility index (Phi) is 4.59. The van der Waals surface area contributed by atoms with E-state index in [0.29, 0.717) is 22.9 Å². The molecule has 1 aliphatic rings. The van der Waals surface area contributed by atoms with Gasteiger partial charge in [0, 0.05) is 5.88 Å². The largest absolute Gasteiger partial charge is 0.507 e. The monoisotopic (exact) mass is 295 g/mol. The maximum Gasteiger partial charge on any atom is 0.255 e. The molecule has 0 aromatic heterocycles. The van der Waals surface area contributed by atoms with Crippen molar-refractivity contribution in [2.75, 3.05) is 5.88 Å². The summed E-state index contributed by atoms with van der Waals surface area (Å²) in [5, 5.41) is 13.1. The van der Waals surface area contributed by atoms with Gasteiger partial charge in [-0.15, -0.1) is 11.6 Å². The van der Waals surface area contributed by atoms with Crippen LogP contribution in [-0.2, 0) is 0 Å². The quantitative estimate of drug-likeness (QED) is 0.837. The summed E-state index contributed by atoms with van der Waals surface area (Å²) in [5.41, 5.74) is 0.699. The third kappa shape index (κ3) is 3.09. The SMILES string of the molecule is Cc1cccc(C(=O)NC2(CCl)CCC(C)CC2)c1O. The van der Waals surface area contributed by atoms with Crippen molar-refractivity contribution in [1.29, 1.82) is 0 Å². The minimum Gasteiger partial charge on any atom is -0.507 e. The smallest absolute Gasteiger partial charge is 0.255 e. The van der Waals surface area contributed by atoms with E-state index in [1.54, 1.807) is 25.1 Å². The highest BCUT2D eigenvalue weighted by Gasteiger charge is 2.35. The number of amides is 1. The van der Waals surface area contributed by atoms with E-state index < -0.39 is 0 Å². The first-order valence-electron chi connectivity index (χ1n) is 7.14. The Morgan fingerprint density at radius 1 is 1.45 bits per heavy atom. The molecule has 0 spiro atoms. The zero-order chi connectivity index (χ0) is 14.8.